The Morgan fingerprint density at radius 2 is 1.92 bits per heavy atom. The number of rotatable bonds is 6. The Morgan fingerprint density at radius 1 is 1.12 bits per heavy atom. The molecule has 0 aromatic heterocycles. The molecule has 0 unspecified atom stereocenters. The van der Waals surface area contributed by atoms with Crippen molar-refractivity contribution in [2.24, 2.45) is 0 Å². The summed E-state index contributed by atoms with van der Waals surface area (Å²) in [5, 5.41) is 2.26. The maximum Gasteiger partial charge on any atom is 0.315 e. The fourth-order valence-corrected chi connectivity index (χ4v) is 1.88. The molecule has 0 heterocycles. The molecule has 2 aromatic rings. The molecule has 0 atom stereocenters. The number of carbonyl (C=O) groups excluding carboxylic acids is 2. The first-order valence-corrected chi connectivity index (χ1v) is 7.01. The molecule has 2 aromatic carbocycles. The Kier molecular flexibility index (Phi) is 5.83. The van der Waals surface area contributed by atoms with Gasteiger partial charge in [-0.2, -0.15) is 0 Å². The van der Waals surface area contributed by atoms with E-state index in [1.165, 1.54) is 24.3 Å². The minimum Gasteiger partial charge on any atom is -0.489 e. The van der Waals surface area contributed by atoms with Gasteiger partial charge in [0.1, 0.15) is 30.4 Å². The van der Waals surface area contributed by atoms with Crippen LogP contribution in [-0.2, 0) is 20.9 Å². The second kappa shape index (κ2) is 8.05. The summed E-state index contributed by atoms with van der Waals surface area (Å²) in [7, 11) is 1.15. The summed E-state index contributed by atoms with van der Waals surface area (Å²) in [6, 6.07) is 9.72. The highest BCUT2D eigenvalue weighted by Gasteiger charge is 2.12. The second-order valence-corrected chi connectivity index (χ2v) is 4.86. The van der Waals surface area contributed by atoms with Gasteiger partial charge >= 0.3 is 5.97 Å². The van der Waals surface area contributed by atoms with Crippen molar-refractivity contribution < 1.29 is 27.8 Å². The lowest BCUT2D eigenvalue weighted by molar-refractivity contribution is -0.142. The summed E-state index contributed by atoms with van der Waals surface area (Å²) in [6.45, 7) is 0.0746. The molecule has 0 fully saturated rings. The summed E-state index contributed by atoms with van der Waals surface area (Å²) in [5.74, 6) is -2.28. The van der Waals surface area contributed by atoms with Gasteiger partial charge < -0.3 is 14.8 Å². The van der Waals surface area contributed by atoms with E-state index in [-0.39, 0.29) is 23.9 Å². The fraction of sp³-hybridized carbons (Fsp3) is 0.176. The van der Waals surface area contributed by atoms with Gasteiger partial charge in [-0.15, -0.1) is 0 Å². The van der Waals surface area contributed by atoms with E-state index < -0.39 is 24.1 Å². The summed E-state index contributed by atoms with van der Waals surface area (Å²) in [6.07, 6.45) is -0.506. The number of hydrogen-bond acceptors (Lipinski definition) is 4. The molecule has 0 spiro atoms. The van der Waals surface area contributed by atoms with Crippen LogP contribution in [0, 0.1) is 11.6 Å². The molecule has 1 N–H and O–H groups in total. The fourth-order valence-electron chi connectivity index (χ4n) is 1.88. The SMILES string of the molecule is COC(=O)CC(=O)Nc1ccc(OCc2cccc(F)c2)cc1F. The van der Waals surface area contributed by atoms with Crippen molar-refractivity contribution >= 4 is 17.6 Å². The van der Waals surface area contributed by atoms with Crippen LogP contribution in [0.5, 0.6) is 5.75 Å². The Labute approximate surface area is 137 Å². The van der Waals surface area contributed by atoms with E-state index >= 15 is 0 Å². The van der Waals surface area contributed by atoms with Crippen molar-refractivity contribution in [2.45, 2.75) is 13.0 Å². The second-order valence-electron chi connectivity index (χ2n) is 4.86. The Balaban J connectivity index is 1.96. The molecule has 0 aliphatic carbocycles. The van der Waals surface area contributed by atoms with Gasteiger partial charge in [-0.3, -0.25) is 9.59 Å². The minimum absolute atomic E-state index is 0.0746. The van der Waals surface area contributed by atoms with Gasteiger partial charge in [0.2, 0.25) is 5.91 Å². The number of hydrogen-bond donors (Lipinski definition) is 1. The lowest BCUT2D eigenvalue weighted by Crippen LogP contribution is -2.17. The van der Waals surface area contributed by atoms with E-state index in [0.717, 1.165) is 13.2 Å². The predicted molar refractivity (Wildman–Crippen MR) is 82.4 cm³/mol. The molecule has 0 aliphatic heterocycles. The quantitative estimate of drug-likeness (QED) is 0.651. The summed E-state index contributed by atoms with van der Waals surface area (Å²) in [5.41, 5.74) is 0.521. The molecule has 0 radical (unpaired) electrons. The first-order valence-electron chi connectivity index (χ1n) is 7.01. The molecular formula is C17H15F2NO4. The molecule has 5 nitrogen and oxygen atoms in total. The predicted octanol–water partition coefficient (Wildman–Crippen LogP) is 3.05. The highest BCUT2D eigenvalue weighted by Crippen LogP contribution is 2.22. The average molecular weight is 335 g/mol. The topological polar surface area (TPSA) is 64.6 Å². The average Bonchev–Trinajstić information content (AvgIpc) is 2.55. The van der Waals surface area contributed by atoms with Crippen LogP contribution in [-0.4, -0.2) is 19.0 Å². The van der Waals surface area contributed by atoms with Gasteiger partial charge in [-0.25, -0.2) is 8.78 Å². The lowest BCUT2D eigenvalue weighted by atomic mass is 10.2. The van der Waals surface area contributed by atoms with Crippen LogP contribution in [0.2, 0.25) is 0 Å². The number of methoxy groups -OCH3 is 1. The molecule has 1 amide bonds. The third kappa shape index (κ3) is 5.05. The standard InChI is InChI=1S/C17H15F2NO4/c1-23-17(22)9-16(21)20-15-6-5-13(8-14(15)19)24-10-11-3-2-4-12(18)7-11/h2-8H,9-10H2,1H3,(H,20,21). The number of amides is 1. The van der Waals surface area contributed by atoms with Gasteiger partial charge in [-0.1, -0.05) is 12.1 Å². The van der Waals surface area contributed by atoms with Crippen molar-refractivity contribution in [1.29, 1.82) is 0 Å². The van der Waals surface area contributed by atoms with Gasteiger partial charge in [0.05, 0.1) is 12.8 Å². The highest BCUT2D eigenvalue weighted by molar-refractivity contribution is 6.01. The zero-order valence-corrected chi connectivity index (χ0v) is 12.8. The number of ether oxygens (including phenoxy) is 2. The van der Waals surface area contributed by atoms with Crippen LogP contribution in [0.25, 0.3) is 0 Å². The van der Waals surface area contributed by atoms with Gasteiger partial charge in [0.25, 0.3) is 0 Å². The molecular weight excluding hydrogens is 320 g/mol. The zero-order valence-electron chi connectivity index (χ0n) is 12.8. The third-order valence-electron chi connectivity index (χ3n) is 3.04. The van der Waals surface area contributed by atoms with E-state index in [1.54, 1.807) is 12.1 Å². The van der Waals surface area contributed by atoms with E-state index in [0.29, 0.717) is 5.56 Å². The zero-order chi connectivity index (χ0) is 17.5. The van der Waals surface area contributed by atoms with Crippen LogP contribution in [0.3, 0.4) is 0 Å². The van der Waals surface area contributed by atoms with Crippen molar-refractivity contribution in [3.05, 3.63) is 59.7 Å². The van der Waals surface area contributed by atoms with Crippen molar-refractivity contribution in [3.8, 4) is 5.75 Å². The van der Waals surface area contributed by atoms with E-state index in [1.807, 2.05) is 0 Å². The first-order chi connectivity index (χ1) is 11.5. The maximum absolute atomic E-state index is 13.9. The molecule has 0 saturated heterocycles. The Morgan fingerprint density at radius 3 is 2.58 bits per heavy atom. The Hall–Kier alpha value is -2.96. The number of nitrogens with one attached hydrogen (secondary N) is 1. The lowest BCUT2D eigenvalue weighted by Gasteiger charge is -2.09. The third-order valence-corrected chi connectivity index (χ3v) is 3.04. The normalized spacial score (nSPS) is 10.1. The molecule has 0 bridgehead atoms. The van der Waals surface area contributed by atoms with Crippen LogP contribution >= 0.6 is 0 Å². The van der Waals surface area contributed by atoms with Crippen molar-refractivity contribution in [1.82, 2.24) is 0 Å². The number of halogens is 2. The molecule has 126 valence electrons. The van der Waals surface area contributed by atoms with Crippen LogP contribution in [0.1, 0.15) is 12.0 Å². The molecule has 24 heavy (non-hydrogen) atoms. The van der Waals surface area contributed by atoms with Crippen LogP contribution < -0.4 is 10.1 Å². The van der Waals surface area contributed by atoms with Gasteiger partial charge in [0, 0.05) is 6.07 Å². The van der Waals surface area contributed by atoms with Gasteiger partial charge in [-0.05, 0) is 29.8 Å². The smallest absolute Gasteiger partial charge is 0.315 e. The summed E-state index contributed by atoms with van der Waals surface area (Å²) >= 11 is 0. The van der Waals surface area contributed by atoms with Gasteiger partial charge in [0.15, 0.2) is 0 Å². The molecule has 0 aliphatic rings. The number of esters is 1. The Bertz CT molecular complexity index is 749. The van der Waals surface area contributed by atoms with Crippen LogP contribution in [0.4, 0.5) is 14.5 Å². The monoisotopic (exact) mass is 335 g/mol. The molecule has 2 rings (SSSR count). The van der Waals surface area contributed by atoms with Crippen molar-refractivity contribution in [2.75, 3.05) is 12.4 Å². The van der Waals surface area contributed by atoms with E-state index in [2.05, 4.69) is 10.1 Å². The molecule has 7 heteroatoms. The van der Waals surface area contributed by atoms with Crippen LogP contribution in [0.15, 0.2) is 42.5 Å². The maximum atomic E-state index is 13.9. The number of carbonyl (C=O) groups is 2. The van der Waals surface area contributed by atoms with E-state index in [4.69, 9.17) is 4.74 Å². The number of anilines is 1. The minimum atomic E-state index is -0.719. The highest BCUT2D eigenvalue weighted by atomic mass is 19.1. The van der Waals surface area contributed by atoms with Crippen molar-refractivity contribution in [3.63, 3.8) is 0 Å². The first kappa shape index (κ1) is 17.4. The largest absolute Gasteiger partial charge is 0.489 e. The van der Waals surface area contributed by atoms with E-state index in [9.17, 15) is 18.4 Å². The summed E-state index contributed by atoms with van der Waals surface area (Å²) in [4.78, 5) is 22.5. The summed E-state index contributed by atoms with van der Waals surface area (Å²) < 4.78 is 36.7. The number of benzene rings is 2. The molecule has 0 saturated carbocycles.